The van der Waals surface area contributed by atoms with Crippen LogP contribution in [0.4, 0.5) is 11.4 Å². The third kappa shape index (κ3) is 3.54. The van der Waals surface area contributed by atoms with Crippen LogP contribution in [0.1, 0.15) is 26.2 Å². The number of nitrogens with zero attached hydrogens (tertiary/aromatic N) is 2. The van der Waals surface area contributed by atoms with Crippen molar-refractivity contribution in [1.29, 1.82) is 0 Å². The molecule has 0 spiro atoms. The first kappa shape index (κ1) is 17.8. The van der Waals surface area contributed by atoms with Crippen molar-refractivity contribution in [2.45, 2.75) is 32.2 Å². The number of fused-ring (bicyclic) bond motifs is 1. The number of hydrogen-bond donors (Lipinski definition) is 3. The van der Waals surface area contributed by atoms with Crippen molar-refractivity contribution in [3.05, 3.63) is 17.4 Å². The van der Waals surface area contributed by atoms with E-state index in [9.17, 15) is 4.79 Å². The fraction of sp³-hybridized carbons (Fsp3) is 0.467. The number of aromatic amines is 1. The monoisotopic (exact) mass is 357 g/mol. The average molecular weight is 358 g/mol. The number of piperidine rings is 1. The van der Waals surface area contributed by atoms with Crippen LogP contribution < -0.4 is 16.0 Å². The number of rotatable bonds is 3. The first-order valence-corrected chi connectivity index (χ1v) is 7.94. The molecule has 0 saturated carbocycles. The fourth-order valence-corrected chi connectivity index (χ4v) is 3.18. The molecule has 1 saturated heterocycles. The van der Waals surface area contributed by atoms with Crippen molar-refractivity contribution in [3.8, 4) is 0 Å². The predicted molar refractivity (Wildman–Crippen MR) is 96.7 cm³/mol. The predicted octanol–water partition coefficient (Wildman–Crippen LogP) is 2.91. The van der Waals surface area contributed by atoms with Gasteiger partial charge in [-0.2, -0.15) is 0 Å². The fourth-order valence-electron chi connectivity index (χ4n) is 2.92. The summed E-state index contributed by atoms with van der Waals surface area (Å²) in [6.45, 7) is 3.48. The van der Waals surface area contributed by atoms with E-state index in [4.69, 9.17) is 17.3 Å². The zero-order valence-electron chi connectivity index (χ0n) is 12.9. The molecule has 23 heavy (non-hydrogen) atoms. The number of halogens is 2. The maximum atomic E-state index is 11.7. The molecule has 1 aliphatic rings. The van der Waals surface area contributed by atoms with Crippen LogP contribution in [0.5, 0.6) is 0 Å². The Labute approximate surface area is 146 Å². The molecule has 2 aromatic rings. The third-order valence-corrected chi connectivity index (χ3v) is 4.28. The van der Waals surface area contributed by atoms with Gasteiger partial charge < -0.3 is 20.9 Å². The highest BCUT2D eigenvalue weighted by molar-refractivity contribution is 6.35. The maximum Gasteiger partial charge on any atom is 0.224 e. The number of H-pyrrole nitrogens is 1. The van der Waals surface area contributed by atoms with Gasteiger partial charge in [-0.1, -0.05) is 18.5 Å². The summed E-state index contributed by atoms with van der Waals surface area (Å²) in [6.07, 6.45) is 5.87. The van der Waals surface area contributed by atoms with Crippen LogP contribution >= 0.6 is 24.0 Å². The second-order valence-corrected chi connectivity index (χ2v) is 6.04. The minimum Gasteiger partial charge on any atom is -0.368 e. The molecule has 126 valence electrons. The Morgan fingerprint density at radius 1 is 1.61 bits per heavy atom. The standard InChI is InChI=1S/C15H20ClN5O.ClH/c1-2-12(22)20-11-7-19-15-13(11)14(10(16)6-18-15)21-5-3-4-9(17)8-21;/h6-7,9H,2-5,8,17H2,1H3,(H,18,19)(H,20,22);1H. The summed E-state index contributed by atoms with van der Waals surface area (Å²) < 4.78 is 0. The van der Waals surface area contributed by atoms with E-state index < -0.39 is 0 Å². The number of hydrogen-bond acceptors (Lipinski definition) is 4. The Balaban J connectivity index is 0.00000192. The number of aromatic nitrogens is 2. The van der Waals surface area contributed by atoms with Gasteiger partial charge in [-0.25, -0.2) is 4.98 Å². The van der Waals surface area contributed by atoms with Crippen molar-refractivity contribution < 1.29 is 4.79 Å². The molecule has 4 N–H and O–H groups in total. The smallest absolute Gasteiger partial charge is 0.224 e. The normalized spacial score (nSPS) is 17.9. The quantitative estimate of drug-likeness (QED) is 0.787. The summed E-state index contributed by atoms with van der Waals surface area (Å²) in [4.78, 5) is 21.3. The van der Waals surface area contributed by atoms with E-state index in [1.165, 1.54) is 0 Å². The van der Waals surface area contributed by atoms with Gasteiger partial charge in [0.25, 0.3) is 0 Å². The van der Waals surface area contributed by atoms with Gasteiger partial charge in [0.1, 0.15) is 5.65 Å². The summed E-state index contributed by atoms with van der Waals surface area (Å²) in [5.74, 6) is -0.0397. The number of pyridine rings is 1. The number of carbonyl (C=O) groups excluding carboxylic acids is 1. The molecule has 1 fully saturated rings. The Kier molecular flexibility index (Phi) is 5.73. The van der Waals surface area contributed by atoms with Crippen LogP contribution in [-0.2, 0) is 4.79 Å². The summed E-state index contributed by atoms with van der Waals surface area (Å²) in [7, 11) is 0. The largest absolute Gasteiger partial charge is 0.368 e. The van der Waals surface area contributed by atoms with E-state index >= 15 is 0 Å². The van der Waals surface area contributed by atoms with Crippen LogP contribution in [0.3, 0.4) is 0 Å². The van der Waals surface area contributed by atoms with Crippen LogP contribution in [0.15, 0.2) is 12.4 Å². The van der Waals surface area contributed by atoms with Gasteiger partial charge in [-0.3, -0.25) is 4.79 Å². The molecule has 3 heterocycles. The number of nitrogens with two attached hydrogens (primary N) is 1. The molecule has 1 amide bonds. The summed E-state index contributed by atoms with van der Waals surface area (Å²) in [5, 5.41) is 4.33. The number of nitrogens with one attached hydrogen (secondary N) is 2. The Morgan fingerprint density at radius 2 is 2.39 bits per heavy atom. The molecule has 0 bridgehead atoms. The number of amides is 1. The maximum absolute atomic E-state index is 11.7. The molecular weight excluding hydrogens is 337 g/mol. The summed E-state index contributed by atoms with van der Waals surface area (Å²) in [6, 6.07) is 0.139. The summed E-state index contributed by atoms with van der Waals surface area (Å²) in [5.41, 5.74) is 8.42. The molecule has 1 aliphatic heterocycles. The minimum atomic E-state index is -0.0397. The highest BCUT2D eigenvalue weighted by Gasteiger charge is 2.23. The third-order valence-electron chi connectivity index (χ3n) is 4.00. The number of carbonyl (C=O) groups is 1. The topological polar surface area (TPSA) is 87.0 Å². The van der Waals surface area contributed by atoms with Gasteiger partial charge in [-0.15, -0.1) is 12.4 Å². The lowest BCUT2D eigenvalue weighted by atomic mass is 10.1. The van der Waals surface area contributed by atoms with Gasteiger partial charge in [0.05, 0.1) is 28.0 Å². The van der Waals surface area contributed by atoms with Crippen molar-refractivity contribution in [2.75, 3.05) is 23.3 Å². The molecule has 2 aromatic heterocycles. The molecule has 0 aromatic carbocycles. The van der Waals surface area contributed by atoms with Gasteiger partial charge in [-0.05, 0) is 12.8 Å². The zero-order chi connectivity index (χ0) is 15.7. The highest BCUT2D eigenvalue weighted by Crippen LogP contribution is 2.38. The van der Waals surface area contributed by atoms with E-state index in [1.807, 2.05) is 6.92 Å². The first-order chi connectivity index (χ1) is 10.6. The van der Waals surface area contributed by atoms with E-state index in [0.29, 0.717) is 22.8 Å². The molecule has 1 unspecified atom stereocenters. The zero-order valence-corrected chi connectivity index (χ0v) is 14.5. The number of anilines is 2. The van der Waals surface area contributed by atoms with E-state index in [0.717, 1.165) is 37.0 Å². The van der Waals surface area contributed by atoms with Crippen molar-refractivity contribution >= 4 is 52.3 Å². The molecule has 0 aliphatic carbocycles. The Hall–Kier alpha value is -1.50. The lowest BCUT2D eigenvalue weighted by Gasteiger charge is -2.33. The summed E-state index contributed by atoms with van der Waals surface area (Å²) >= 11 is 6.41. The SMILES string of the molecule is CCC(=O)Nc1c[nH]c2ncc(Cl)c(N3CCCC(N)C3)c12.Cl. The van der Waals surface area contributed by atoms with Crippen LogP contribution in [0.2, 0.25) is 5.02 Å². The lowest BCUT2D eigenvalue weighted by Crippen LogP contribution is -2.43. The van der Waals surface area contributed by atoms with Crippen LogP contribution in [0, 0.1) is 0 Å². The van der Waals surface area contributed by atoms with Crippen molar-refractivity contribution in [1.82, 2.24) is 9.97 Å². The molecule has 8 heteroatoms. The van der Waals surface area contributed by atoms with Crippen LogP contribution in [0.25, 0.3) is 11.0 Å². The minimum absolute atomic E-state index is 0. The van der Waals surface area contributed by atoms with Gasteiger partial charge in [0.15, 0.2) is 0 Å². The molecular formula is C15H21Cl2N5O. The van der Waals surface area contributed by atoms with Gasteiger partial charge in [0.2, 0.25) is 5.91 Å². The average Bonchev–Trinajstić information content (AvgIpc) is 2.90. The lowest BCUT2D eigenvalue weighted by molar-refractivity contribution is -0.115. The van der Waals surface area contributed by atoms with Crippen molar-refractivity contribution in [3.63, 3.8) is 0 Å². The first-order valence-electron chi connectivity index (χ1n) is 7.56. The Morgan fingerprint density at radius 3 is 3.09 bits per heavy atom. The second kappa shape index (κ2) is 7.38. The van der Waals surface area contributed by atoms with Crippen LogP contribution in [-0.4, -0.2) is 35.0 Å². The van der Waals surface area contributed by atoms with Crippen molar-refractivity contribution in [2.24, 2.45) is 5.73 Å². The van der Waals surface area contributed by atoms with Gasteiger partial charge in [0, 0.05) is 31.7 Å². The highest BCUT2D eigenvalue weighted by atomic mass is 35.5. The Bertz CT molecular complexity index is 702. The molecule has 6 nitrogen and oxygen atoms in total. The van der Waals surface area contributed by atoms with Gasteiger partial charge >= 0.3 is 0 Å². The molecule has 0 radical (unpaired) electrons. The molecule has 1 atom stereocenters. The van der Waals surface area contributed by atoms with E-state index in [2.05, 4.69) is 20.2 Å². The van der Waals surface area contributed by atoms with E-state index in [-0.39, 0.29) is 24.4 Å². The second-order valence-electron chi connectivity index (χ2n) is 5.63. The molecule has 3 rings (SSSR count). The van der Waals surface area contributed by atoms with E-state index in [1.54, 1.807) is 12.4 Å².